The lowest BCUT2D eigenvalue weighted by Crippen LogP contribution is -2.22. The molecule has 0 aliphatic carbocycles. The van der Waals surface area contributed by atoms with Crippen LogP contribution in [0.25, 0.3) is 11.1 Å². The zero-order chi connectivity index (χ0) is 24.5. The zero-order valence-electron chi connectivity index (χ0n) is 17.9. The molecule has 11 heteroatoms. The minimum absolute atomic E-state index is 0.0965. The number of hydrogen-bond donors (Lipinski definition) is 1. The van der Waals surface area contributed by atoms with Crippen LogP contribution in [0.4, 0.5) is 33.5 Å². The number of carbonyl (C=O) groups excluding carboxylic acids is 1. The SMILES string of the molecule is C[C@@H]1CCN(c2ncc(C(=O)Nc3ccc(OC(F)(F)F)cc3)cc2-c2cc(F)nc(F)c2)C1. The smallest absolute Gasteiger partial charge is 0.406 e. The molecule has 0 unspecified atom stereocenters. The standard InChI is InChI=1S/C23H19F5N4O2/c1-13-6-7-32(12-13)21-18(14-9-19(24)31-20(25)10-14)8-15(11-29-21)22(33)30-16-2-4-17(5-3-16)34-23(26,27)28/h2-5,8-11,13H,6-7,12H2,1H3,(H,30,33)/t13-/m1/s1. The van der Waals surface area contributed by atoms with Gasteiger partial charge >= 0.3 is 6.36 Å². The first-order chi connectivity index (χ1) is 16.1. The first kappa shape index (κ1) is 23.4. The maximum absolute atomic E-state index is 13.8. The molecule has 1 fully saturated rings. The fraction of sp³-hybridized carbons (Fsp3) is 0.261. The number of pyridine rings is 2. The Morgan fingerprint density at radius 2 is 1.79 bits per heavy atom. The van der Waals surface area contributed by atoms with E-state index in [4.69, 9.17) is 0 Å². The topological polar surface area (TPSA) is 67.4 Å². The molecule has 1 aliphatic heterocycles. The predicted octanol–water partition coefficient (Wildman–Crippen LogP) is 5.42. The zero-order valence-corrected chi connectivity index (χ0v) is 17.9. The van der Waals surface area contributed by atoms with Gasteiger partial charge in [0.05, 0.1) is 5.56 Å². The molecule has 2 aromatic heterocycles. The lowest BCUT2D eigenvalue weighted by atomic mass is 10.0. The van der Waals surface area contributed by atoms with Crippen molar-refractivity contribution < 1.29 is 31.5 Å². The van der Waals surface area contributed by atoms with Crippen LogP contribution in [-0.2, 0) is 0 Å². The summed E-state index contributed by atoms with van der Waals surface area (Å²) in [5.74, 6) is -2.15. The summed E-state index contributed by atoms with van der Waals surface area (Å²) in [5.41, 5.74) is 0.852. The van der Waals surface area contributed by atoms with Gasteiger partial charge in [0.1, 0.15) is 11.6 Å². The lowest BCUT2D eigenvalue weighted by molar-refractivity contribution is -0.274. The summed E-state index contributed by atoms with van der Waals surface area (Å²) >= 11 is 0. The molecule has 0 saturated carbocycles. The summed E-state index contributed by atoms with van der Waals surface area (Å²) in [4.78, 5) is 22.3. The van der Waals surface area contributed by atoms with Crippen molar-refractivity contribution in [1.82, 2.24) is 9.97 Å². The van der Waals surface area contributed by atoms with E-state index in [1.165, 1.54) is 24.4 Å². The van der Waals surface area contributed by atoms with Crippen molar-refractivity contribution in [2.45, 2.75) is 19.7 Å². The molecule has 0 radical (unpaired) electrons. The largest absolute Gasteiger partial charge is 0.573 e. The van der Waals surface area contributed by atoms with Gasteiger partial charge in [-0.2, -0.15) is 13.8 Å². The molecule has 1 aliphatic rings. The second kappa shape index (κ2) is 9.24. The molecule has 1 amide bonds. The Kier molecular flexibility index (Phi) is 6.36. The lowest BCUT2D eigenvalue weighted by Gasteiger charge is -2.21. The summed E-state index contributed by atoms with van der Waals surface area (Å²) in [6.07, 6.45) is -2.56. The molecule has 1 aromatic carbocycles. The molecule has 178 valence electrons. The van der Waals surface area contributed by atoms with Gasteiger partial charge in [-0.15, -0.1) is 13.2 Å². The highest BCUT2D eigenvalue weighted by Gasteiger charge is 2.31. The second-order valence-electron chi connectivity index (χ2n) is 7.96. The normalized spacial score (nSPS) is 15.9. The molecule has 34 heavy (non-hydrogen) atoms. The van der Waals surface area contributed by atoms with Gasteiger partial charge in [-0.3, -0.25) is 4.79 Å². The molecule has 1 N–H and O–H groups in total. The van der Waals surface area contributed by atoms with Crippen LogP contribution >= 0.6 is 0 Å². The Labute approximate surface area is 191 Å². The van der Waals surface area contributed by atoms with Crippen molar-refractivity contribution in [1.29, 1.82) is 0 Å². The van der Waals surface area contributed by atoms with Crippen molar-refractivity contribution in [3.8, 4) is 16.9 Å². The molecule has 0 bridgehead atoms. The first-order valence-electron chi connectivity index (χ1n) is 10.3. The van der Waals surface area contributed by atoms with Crippen LogP contribution < -0.4 is 15.0 Å². The fourth-order valence-electron chi connectivity index (χ4n) is 3.74. The number of carbonyl (C=O) groups is 1. The van der Waals surface area contributed by atoms with E-state index in [-0.39, 0.29) is 16.8 Å². The van der Waals surface area contributed by atoms with Crippen LogP contribution in [-0.4, -0.2) is 35.3 Å². The average Bonchev–Trinajstić information content (AvgIpc) is 3.19. The third-order valence-corrected chi connectivity index (χ3v) is 5.27. The number of benzene rings is 1. The maximum atomic E-state index is 13.8. The van der Waals surface area contributed by atoms with E-state index in [1.807, 2.05) is 4.90 Å². The van der Waals surface area contributed by atoms with Gasteiger partial charge in [-0.1, -0.05) is 6.92 Å². The van der Waals surface area contributed by atoms with E-state index >= 15 is 0 Å². The van der Waals surface area contributed by atoms with Gasteiger partial charge in [-0.05, 0) is 48.2 Å². The van der Waals surface area contributed by atoms with Gasteiger partial charge in [0.15, 0.2) is 0 Å². The molecule has 6 nitrogen and oxygen atoms in total. The molecular formula is C23H19F5N4O2. The second-order valence-corrected chi connectivity index (χ2v) is 7.96. The van der Waals surface area contributed by atoms with Crippen molar-refractivity contribution in [2.24, 2.45) is 5.92 Å². The summed E-state index contributed by atoms with van der Waals surface area (Å²) in [7, 11) is 0. The van der Waals surface area contributed by atoms with E-state index in [0.29, 0.717) is 30.4 Å². The average molecular weight is 478 g/mol. The summed E-state index contributed by atoms with van der Waals surface area (Å²) in [6, 6.07) is 8.21. The van der Waals surface area contributed by atoms with Gasteiger partial charge < -0.3 is 15.0 Å². The fourth-order valence-corrected chi connectivity index (χ4v) is 3.74. The van der Waals surface area contributed by atoms with Crippen LogP contribution in [0.15, 0.2) is 48.7 Å². The van der Waals surface area contributed by atoms with Gasteiger partial charge in [0.2, 0.25) is 11.9 Å². The van der Waals surface area contributed by atoms with Crippen molar-refractivity contribution >= 4 is 17.4 Å². The van der Waals surface area contributed by atoms with Crippen LogP contribution in [0.3, 0.4) is 0 Å². The maximum Gasteiger partial charge on any atom is 0.573 e. The minimum atomic E-state index is -4.83. The number of nitrogens with zero attached hydrogens (tertiary/aromatic N) is 3. The molecule has 1 saturated heterocycles. The van der Waals surface area contributed by atoms with E-state index < -0.39 is 29.9 Å². The summed E-state index contributed by atoms with van der Waals surface area (Å²) < 4.78 is 68.4. The first-order valence-corrected chi connectivity index (χ1v) is 10.3. The number of alkyl halides is 3. The van der Waals surface area contributed by atoms with Crippen LogP contribution in [0.2, 0.25) is 0 Å². The van der Waals surface area contributed by atoms with Crippen molar-refractivity contribution in [3.63, 3.8) is 0 Å². The van der Waals surface area contributed by atoms with Gasteiger partial charge in [-0.25, -0.2) is 4.98 Å². The number of aromatic nitrogens is 2. The quantitative estimate of drug-likeness (QED) is 0.392. The van der Waals surface area contributed by atoms with Crippen molar-refractivity contribution in [3.05, 3.63) is 66.1 Å². The number of anilines is 2. The van der Waals surface area contributed by atoms with E-state index in [9.17, 15) is 26.7 Å². The van der Waals surface area contributed by atoms with Crippen LogP contribution in [0.1, 0.15) is 23.7 Å². The highest BCUT2D eigenvalue weighted by atomic mass is 19.4. The third-order valence-electron chi connectivity index (χ3n) is 5.27. The Hall–Kier alpha value is -3.76. The van der Waals surface area contributed by atoms with E-state index in [2.05, 4.69) is 26.9 Å². The number of ether oxygens (including phenoxy) is 1. The predicted molar refractivity (Wildman–Crippen MR) is 114 cm³/mol. The van der Waals surface area contributed by atoms with E-state index in [1.54, 1.807) is 0 Å². The highest BCUT2D eigenvalue weighted by Crippen LogP contribution is 2.34. The highest BCUT2D eigenvalue weighted by molar-refractivity contribution is 6.05. The monoisotopic (exact) mass is 478 g/mol. The number of hydrogen-bond acceptors (Lipinski definition) is 5. The number of nitrogens with one attached hydrogen (secondary N) is 1. The number of halogens is 5. The van der Waals surface area contributed by atoms with Crippen molar-refractivity contribution in [2.75, 3.05) is 23.3 Å². The van der Waals surface area contributed by atoms with Crippen LogP contribution in [0.5, 0.6) is 5.75 Å². The Morgan fingerprint density at radius 1 is 1.12 bits per heavy atom. The summed E-state index contributed by atoms with van der Waals surface area (Å²) in [6.45, 7) is 3.49. The Bertz CT molecular complexity index is 1180. The minimum Gasteiger partial charge on any atom is -0.406 e. The van der Waals surface area contributed by atoms with Gasteiger partial charge in [0.25, 0.3) is 5.91 Å². The number of rotatable bonds is 5. The van der Waals surface area contributed by atoms with Crippen LogP contribution in [0, 0.1) is 17.8 Å². The molecule has 3 heterocycles. The summed E-state index contributed by atoms with van der Waals surface area (Å²) in [5, 5.41) is 2.56. The molecular weight excluding hydrogens is 459 g/mol. The molecule has 3 aromatic rings. The Morgan fingerprint density at radius 3 is 2.38 bits per heavy atom. The molecule has 0 spiro atoms. The molecule has 4 rings (SSSR count). The number of amides is 1. The molecule has 1 atom stereocenters. The van der Waals surface area contributed by atoms with E-state index in [0.717, 1.165) is 30.7 Å². The Balaban J connectivity index is 1.62. The van der Waals surface area contributed by atoms with Gasteiger partial charge in [0, 0.05) is 42.7 Å². The third kappa shape index (κ3) is 5.59.